The molecule has 4 nitrogen and oxygen atoms in total. The monoisotopic (exact) mass is 253 g/mol. The summed E-state index contributed by atoms with van der Waals surface area (Å²) in [7, 11) is 0. The SMILES string of the molecule is CC(=O)NCCSc1ccc(CC(=O)O)cc1. The second-order valence-corrected chi connectivity index (χ2v) is 4.71. The van der Waals surface area contributed by atoms with E-state index in [2.05, 4.69) is 5.32 Å². The molecule has 2 N–H and O–H groups in total. The molecule has 0 heterocycles. The van der Waals surface area contributed by atoms with Gasteiger partial charge in [-0.3, -0.25) is 9.59 Å². The molecule has 0 saturated heterocycles. The predicted octanol–water partition coefficient (Wildman–Crippen LogP) is 1.54. The number of rotatable bonds is 6. The van der Waals surface area contributed by atoms with Gasteiger partial charge in [-0.2, -0.15) is 0 Å². The van der Waals surface area contributed by atoms with Crippen molar-refractivity contribution in [2.45, 2.75) is 18.2 Å². The molecule has 0 saturated carbocycles. The van der Waals surface area contributed by atoms with E-state index < -0.39 is 5.97 Å². The van der Waals surface area contributed by atoms with Crippen LogP contribution in [0.1, 0.15) is 12.5 Å². The van der Waals surface area contributed by atoms with Gasteiger partial charge in [0.1, 0.15) is 0 Å². The summed E-state index contributed by atoms with van der Waals surface area (Å²) in [6.45, 7) is 2.13. The van der Waals surface area contributed by atoms with Crippen LogP contribution < -0.4 is 5.32 Å². The fourth-order valence-corrected chi connectivity index (χ4v) is 2.04. The lowest BCUT2D eigenvalue weighted by Crippen LogP contribution is -2.22. The molecule has 92 valence electrons. The Morgan fingerprint density at radius 3 is 2.47 bits per heavy atom. The van der Waals surface area contributed by atoms with Crippen molar-refractivity contribution in [3.63, 3.8) is 0 Å². The van der Waals surface area contributed by atoms with Crippen molar-refractivity contribution in [1.82, 2.24) is 5.32 Å². The molecule has 0 aliphatic carbocycles. The van der Waals surface area contributed by atoms with Gasteiger partial charge in [0.2, 0.25) is 5.91 Å². The molecule has 1 rings (SSSR count). The zero-order chi connectivity index (χ0) is 12.7. The van der Waals surface area contributed by atoms with Gasteiger partial charge in [0.15, 0.2) is 0 Å². The topological polar surface area (TPSA) is 66.4 Å². The minimum Gasteiger partial charge on any atom is -0.481 e. The van der Waals surface area contributed by atoms with E-state index in [1.165, 1.54) is 6.92 Å². The number of hydrogen-bond donors (Lipinski definition) is 2. The molecule has 0 unspecified atom stereocenters. The van der Waals surface area contributed by atoms with Crippen LogP contribution in [0.25, 0.3) is 0 Å². The molecule has 0 aliphatic heterocycles. The number of hydrogen-bond acceptors (Lipinski definition) is 3. The van der Waals surface area contributed by atoms with Gasteiger partial charge in [0.05, 0.1) is 6.42 Å². The maximum absolute atomic E-state index is 10.6. The first-order valence-electron chi connectivity index (χ1n) is 5.26. The summed E-state index contributed by atoms with van der Waals surface area (Å²) < 4.78 is 0. The Balaban J connectivity index is 2.35. The largest absolute Gasteiger partial charge is 0.481 e. The van der Waals surface area contributed by atoms with Gasteiger partial charge in [-0.15, -0.1) is 11.8 Å². The van der Waals surface area contributed by atoms with Crippen LogP contribution >= 0.6 is 11.8 Å². The van der Waals surface area contributed by atoms with Crippen molar-refractivity contribution in [2.24, 2.45) is 0 Å². The van der Waals surface area contributed by atoms with E-state index in [0.29, 0.717) is 6.54 Å². The predicted molar refractivity (Wildman–Crippen MR) is 67.2 cm³/mol. The maximum atomic E-state index is 10.6. The van der Waals surface area contributed by atoms with Gasteiger partial charge in [-0.1, -0.05) is 12.1 Å². The van der Waals surface area contributed by atoms with E-state index in [4.69, 9.17) is 5.11 Å². The average Bonchev–Trinajstić information content (AvgIpc) is 2.25. The number of carboxylic acids is 1. The van der Waals surface area contributed by atoms with E-state index in [9.17, 15) is 9.59 Å². The number of amides is 1. The first kappa shape index (κ1) is 13.6. The van der Waals surface area contributed by atoms with Gasteiger partial charge >= 0.3 is 5.97 Å². The molecule has 0 atom stereocenters. The van der Waals surface area contributed by atoms with Crippen LogP contribution in [0.4, 0.5) is 0 Å². The highest BCUT2D eigenvalue weighted by Gasteiger charge is 2.00. The number of benzene rings is 1. The van der Waals surface area contributed by atoms with Gasteiger partial charge in [-0.25, -0.2) is 0 Å². The molecule has 1 aromatic rings. The van der Waals surface area contributed by atoms with Gasteiger partial charge in [0, 0.05) is 24.1 Å². The number of nitrogens with one attached hydrogen (secondary N) is 1. The summed E-state index contributed by atoms with van der Waals surface area (Å²) in [5, 5.41) is 11.3. The van der Waals surface area contributed by atoms with Crippen LogP contribution in [0.3, 0.4) is 0 Å². The molecule has 1 amide bonds. The van der Waals surface area contributed by atoms with Gasteiger partial charge in [0.25, 0.3) is 0 Å². The summed E-state index contributed by atoms with van der Waals surface area (Å²) in [6, 6.07) is 7.43. The molecule has 0 bridgehead atoms. The van der Waals surface area contributed by atoms with E-state index in [1.54, 1.807) is 11.8 Å². The minimum absolute atomic E-state index is 0.0255. The minimum atomic E-state index is -0.823. The van der Waals surface area contributed by atoms with Crippen molar-refractivity contribution in [1.29, 1.82) is 0 Å². The number of carbonyl (C=O) groups excluding carboxylic acids is 1. The summed E-state index contributed by atoms with van der Waals surface area (Å²) in [6.07, 6.45) is 0.0524. The van der Waals surface area contributed by atoms with E-state index in [0.717, 1.165) is 16.2 Å². The molecule has 17 heavy (non-hydrogen) atoms. The van der Waals surface area contributed by atoms with E-state index >= 15 is 0 Å². The number of carbonyl (C=O) groups is 2. The van der Waals surface area contributed by atoms with Gasteiger partial charge in [-0.05, 0) is 17.7 Å². The highest BCUT2D eigenvalue weighted by molar-refractivity contribution is 7.99. The molecule has 0 spiro atoms. The molecule has 0 aliphatic rings. The number of thioether (sulfide) groups is 1. The average molecular weight is 253 g/mol. The van der Waals surface area contributed by atoms with Crippen molar-refractivity contribution >= 4 is 23.6 Å². The molecule has 5 heteroatoms. The fourth-order valence-electron chi connectivity index (χ4n) is 1.27. The molecular formula is C12H15NO3S. The Bertz CT molecular complexity index is 389. The summed E-state index contributed by atoms with van der Waals surface area (Å²) >= 11 is 1.63. The molecule has 1 aromatic carbocycles. The summed E-state index contributed by atoms with van der Waals surface area (Å²) in [5.41, 5.74) is 0.795. The van der Waals surface area contributed by atoms with Gasteiger partial charge < -0.3 is 10.4 Å². The fraction of sp³-hybridized carbons (Fsp3) is 0.333. The Labute approximate surface area is 104 Å². The number of aliphatic carboxylic acids is 1. The standard InChI is InChI=1S/C12H15NO3S/c1-9(14)13-6-7-17-11-4-2-10(3-5-11)8-12(15)16/h2-5H,6-8H2,1H3,(H,13,14)(H,15,16). The molecule has 0 fully saturated rings. The molecular weight excluding hydrogens is 238 g/mol. The highest BCUT2D eigenvalue weighted by atomic mass is 32.2. The lowest BCUT2D eigenvalue weighted by Gasteiger charge is -2.03. The quantitative estimate of drug-likeness (QED) is 0.596. The third-order valence-corrected chi connectivity index (χ3v) is 3.04. The van der Waals surface area contributed by atoms with Crippen LogP contribution in [-0.2, 0) is 16.0 Å². The second kappa shape index (κ2) is 6.96. The summed E-state index contributed by atoms with van der Waals surface area (Å²) in [5.74, 6) is -0.0452. The zero-order valence-electron chi connectivity index (χ0n) is 9.60. The van der Waals surface area contributed by atoms with Crippen molar-refractivity contribution in [2.75, 3.05) is 12.3 Å². The first-order valence-corrected chi connectivity index (χ1v) is 6.24. The summed E-state index contributed by atoms with van der Waals surface area (Å²) in [4.78, 5) is 22.2. The van der Waals surface area contributed by atoms with Crippen molar-refractivity contribution in [3.05, 3.63) is 29.8 Å². The highest BCUT2D eigenvalue weighted by Crippen LogP contribution is 2.17. The van der Waals surface area contributed by atoms with Crippen LogP contribution in [0.2, 0.25) is 0 Å². The third kappa shape index (κ3) is 5.97. The van der Waals surface area contributed by atoms with E-state index in [1.807, 2.05) is 24.3 Å². The molecule has 0 aromatic heterocycles. The third-order valence-electron chi connectivity index (χ3n) is 2.02. The van der Waals surface area contributed by atoms with Crippen LogP contribution in [0.5, 0.6) is 0 Å². The molecule has 0 radical (unpaired) electrons. The number of carboxylic acid groups (broad SMARTS) is 1. The van der Waals surface area contributed by atoms with Crippen molar-refractivity contribution in [3.8, 4) is 0 Å². The maximum Gasteiger partial charge on any atom is 0.307 e. The van der Waals surface area contributed by atoms with Crippen LogP contribution in [0, 0.1) is 0 Å². The Kier molecular flexibility index (Phi) is 5.56. The lowest BCUT2D eigenvalue weighted by molar-refractivity contribution is -0.136. The Hall–Kier alpha value is -1.49. The smallest absolute Gasteiger partial charge is 0.307 e. The van der Waals surface area contributed by atoms with Crippen LogP contribution in [-0.4, -0.2) is 29.3 Å². The Morgan fingerprint density at radius 2 is 1.94 bits per heavy atom. The van der Waals surface area contributed by atoms with Crippen molar-refractivity contribution < 1.29 is 14.7 Å². The Morgan fingerprint density at radius 1 is 1.29 bits per heavy atom. The first-order chi connectivity index (χ1) is 8.08. The normalized spacial score (nSPS) is 9.94. The second-order valence-electron chi connectivity index (χ2n) is 3.55. The van der Waals surface area contributed by atoms with E-state index in [-0.39, 0.29) is 12.3 Å². The van der Waals surface area contributed by atoms with Crippen LogP contribution in [0.15, 0.2) is 29.2 Å². The zero-order valence-corrected chi connectivity index (χ0v) is 10.4. The lowest BCUT2D eigenvalue weighted by atomic mass is 10.2.